The van der Waals surface area contributed by atoms with Crippen LogP contribution in [0.5, 0.6) is 0 Å². The van der Waals surface area contributed by atoms with Gasteiger partial charge in [0, 0.05) is 11.1 Å². The highest BCUT2D eigenvalue weighted by molar-refractivity contribution is 5.93. The quantitative estimate of drug-likeness (QED) is 0.617. The zero-order valence-corrected chi connectivity index (χ0v) is 10.5. The van der Waals surface area contributed by atoms with Gasteiger partial charge in [-0.2, -0.15) is 0 Å². The van der Waals surface area contributed by atoms with Gasteiger partial charge in [0.15, 0.2) is 0 Å². The van der Waals surface area contributed by atoms with Gasteiger partial charge in [-0.15, -0.1) is 6.58 Å². The summed E-state index contributed by atoms with van der Waals surface area (Å²) in [5, 5.41) is 0. The Morgan fingerprint density at radius 3 is 2.74 bits per heavy atom. The first-order valence-electron chi connectivity index (χ1n) is 6.05. The summed E-state index contributed by atoms with van der Waals surface area (Å²) in [7, 11) is 0. The Morgan fingerprint density at radius 2 is 2.11 bits per heavy atom. The molecule has 1 aromatic carbocycles. The number of nitrogens with one attached hydrogen (secondary N) is 2. The molecule has 1 atom stereocenters. The van der Waals surface area contributed by atoms with E-state index in [9.17, 15) is 4.79 Å². The van der Waals surface area contributed by atoms with Crippen molar-refractivity contribution in [3.63, 3.8) is 0 Å². The summed E-state index contributed by atoms with van der Waals surface area (Å²) in [5.74, 6) is -0.168. The lowest BCUT2D eigenvalue weighted by atomic mass is 10.1. The molecule has 98 valence electrons. The Labute approximate surface area is 112 Å². The van der Waals surface area contributed by atoms with Crippen LogP contribution in [0.1, 0.15) is 28.4 Å². The fraction of sp³-hybridized carbons (Fsp3) is 0.133. The van der Waals surface area contributed by atoms with Crippen LogP contribution in [0.2, 0.25) is 0 Å². The average molecular weight is 256 g/mol. The van der Waals surface area contributed by atoms with Gasteiger partial charge in [-0.1, -0.05) is 24.3 Å². The van der Waals surface area contributed by atoms with Gasteiger partial charge in [0.1, 0.15) is 0 Å². The van der Waals surface area contributed by atoms with Crippen LogP contribution in [0.4, 0.5) is 0 Å². The first kappa shape index (κ1) is 13.1. The molecular weight excluding hydrogens is 240 g/mol. The van der Waals surface area contributed by atoms with Gasteiger partial charge in [0.2, 0.25) is 0 Å². The van der Waals surface area contributed by atoms with Crippen LogP contribution in [0.25, 0.3) is 0 Å². The van der Waals surface area contributed by atoms with Crippen molar-refractivity contribution < 1.29 is 9.21 Å². The van der Waals surface area contributed by atoms with E-state index < -0.39 is 0 Å². The van der Waals surface area contributed by atoms with Crippen molar-refractivity contribution >= 4 is 5.91 Å². The summed E-state index contributed by atoms with van der Waals surface area (Å²) in [6.45, 7) is 3.71. The van der Waals surface area contributed by atoms with Crippen molar-refractivity contribution in [1.29, 1.82) is 0 Å². The summed E-state index contributed by atoms with van der Waals surface area (Å²) in [6, 6.07) is 10.9. The van der Waals surface area contributed by atoms with Gasteiger partial charge in [-0.05, 0) is 24.6 Å². The van der Waals surface area contributed by atoms with Gasteiger partial charge in [-0.25, -0.2) is 5.43 Å². The Hall–Kier alpha value is -2.33. The molecule has 0 radical (unpaired) electrons. The van der Waals surface area contributed by atoms with E-state index in [1.807, 2.05) is 24.3 Å². The molecule has 19 heavy (non-hydrogen) atoms. The third kappa shape index (κ3) is 3.56. The topological polar surface area (TPSA) is 54.3 Å². The first-order valence-corrected chi connectivity index (χ1v) is 6.05. The van der Waals surface area contributed by atoms with E-state index in [0.29, 0.717) is 12.0 Å². The lowest BCUT2D eigenvalue weighted by molar-refractivity contribution is 0.0925. The summed E-state index contributed by atoms with van der Waals surface area (Å²) in [6.07, 6.45) is 5.73. The molecule has 0 unspecified atom stereocenters. The first-order chi connectivity index (χ1) is 9.31. The van der Waals surface area contributed by atoms with Gasteiger partial charge in [-0.3, -0.25) is 10.2 Å². The van der Waals surface area contributed by atoms with Crippen LogP contribution in [0, 0.1) is 0 Å². The molecule has 0 saturated carbocycles. The number of carbonyl (C=O) groups excluding carboxylic acids is 1. The van der Waals surface area contributed by atoms with E-state index in [1.165, 1.54) is 0 Å². The fourth-order valence-electron chi connectivity index (χ4n) is 1.73. The highest BCUT2D eigenvalue weighted by Crippen LogP contribution is 2.16. The third-order valence-corrected chi connectivity index (χ3v) is 2.74. The molecule has 4 nitrogen and oxygen atoms in total. The van der Waals surface area contributed by atoms with E-state index in [2.05, 4.69) is 17.4 Å². The van der Waals surface area contributed by atoms with Gasteiger partial charge in [0.05, 0.1) is 18.6 Å². The van der Waals surface area contributed by atoms with Crippen molar-refractivity contribution in [3.05, 3.63) is 72.7 Å². The van der Waals surface area contributed by atoms with Crippen molar-refractivity contribution in [2.45, 2.75) is 12.5 Å². The maximum atomic E-state index is 11.9. The Balaban J connectivity index is 1.96. The predicted molar refractivity (Wildman–Crippen MR) is 73.3 cm³/mol. The second kappa shape index (κ2) is 6.56. The summed E-state index contributed by atoms with van der Waals surface area (Å²) >= 11 is 0. The molecule has 1 aromatic heterocycles. The second-order valence-corrected chi connectivity index (χ2v) is 4.10. The fourth-order valence-corrected chi connectivity index (χ4v) is 1.73. The van der Waals surface area contributed by atoms with Crippen molar-refractivity contribution in [1.82, 2.24) is 10.9 Å². The zero-order chi connectivity index (χ0) is 13.5. The van der Waals surface area contributed by atoms with Crippen molar-refractivity contribution in [2.75, 3.05) is 0 Å². The molecule has 2 rings (SSSR count). The van der Waals surface area contributed by atoms with E-state index in [-0.39, 0.29) is 11.9 Å². The zero-order valence-electron chi connectivity index (χ0n) is 10.5. The number of rotatable bonds is 6. The molecule has 2 N–H and O–H groups in total. The number of benzene rings is 1. The highest BCUT2D eigenvalue weighted by Gasteiger charge is 2.12. The van der Waals surface area contributed by atoms with Crippen LogP contribution in [-0.2, 0) is 0 Å². The maximum absolute atomic E-state index is 11.9. The molecule has 4 heteroatoms. The van der Waals surface area contributed by atoms with Crippen LogP contribution < -0.4 is 10.9 Å². The molecular formula is C15H16N2O2. The molecule has 2 aromatic rings. The van der Waals surface area contributed by atoms with Gasteiger partial charge >= 0.3 is 0 Å². The molecule has 0 aliphatic rings. The minimum absolute atomic E-state index is 0.0519. The predicted octanol–water partition coefficient (Wildman–Crippen LogP) is 2.83. The normalized spacial score (nSPS) is 11.8. The molecule has 0 saturated heterocycles. The average Bonchev–Trinajstić information content (AvgIpc) is 2.98. The molecule has 0 aliphatic heterocycles. The molecule has 0 fully saturated rings. The van der Waals surface area contributed by atoms with E-state index >= 15 is 0 Å². The van der Waals surface area contributed by atoms with E-state index in [4.69, 9.17) is 4.42 Å². The maximum Gasteiger partial charge on any atom is 0.265 e. The van der Waals surface area contributed by atoms with Crippen LogP contribution in [-0.4, -0.2) is 5.91 Å². The summed E-state index contributed by atoms with van der Waals surface area (Å²) < 4.78 is 5.05. The smallest absolute Gasteiger partial charge is 0.265 e. The molecule has 0 aliphatic carbocycles. The Bertz CT molecular complexity index is 520. The lowest BCUT2D eigenvalue weighted by Gasteiger charge is -2.16. The standard InChI is InChI=1S/C15H16N2O2/c1-2-6-14(13-9-10-19-11-13)16-17-15(18)12-7-4-3-5-8-12/h2-5,7-11,14,16H,1,6H2,(H,17,18)/t14-/m1/s1. The van der Waals surface area contributed by atoms with E-state index in [0.717, 1.165) is 5.56 Å². The third-order valence-electron chi connectivity index (χ3n) is 2.74. The number of hydrazine groups is 1. The number of hydrogen-bond donors (Lipinski definition) is 2. The van der Waals surface area contributed by atoms with Crippen LogP contribution >= 0.6 is 0 Å². The second-order valence-electron chi connectivity index (χ2n) is 4.10. The Morgan fingerprint density at radius 1 is 1.32 bits per heavy atom. The van der Waals surface area contributed by atoms with Crippen LogP contribution in [0.15, 0.2) is 66.0 Å². The van der Waals surface area contributed by atoms with Gasteiger partial charge in [0.25, 0.3) is 5.91 Å². The monoisotopic (exact) mass is 256 g/mol. The van der Waals surface area contributed by atoms with Crippen LogP contribution in [0.3, 0.4) is 0 Å². The molecule has 0 bridgehead atoms. The Kier molecular flexibility index (Phi) is 4.53. The number of hydrogen-bond acceptors (Lipinski definition) is 3. The SMILES string of the molecule is C=CC[C@@H](NNC(=O)c1ccccc1)c1ccoc1. The highest BCUT2D eigenvalue weighted by atomic mass is 16.3. The largest absolute Gasteiger partial charge is 0.472 e. The minimum atomic E-state index is -0.168. The molecule has 1 amide bonds. The van der Waals surface area contributed by atoms with Crippen molar-refractivity contribution in [2.24, 2.45) is 0 Å². The summed E-state index contributed by atoms with van der Waals surface area (Å²) in [4.78, 5) is 11.9. The minimum Gasteiger partial charge on any atom is -0.472 e. The van der Waals surface area contributed by atoms with Gasteiger partial charge < -0.3 is 4.42 Å². The number of amides is 1. The lowest BCUT2D eigenvalue weighted by Crippen LogP contribution is -2.39. The van der Waals surface area contributed by atoms with E-state index in [1.54, 1.807) is 30.7 Å². The summed E-state index contributed by atoms with van der Waals surface area (Å²) in [5.41, 5.74) is 7.26. The molecule has 0 spiro atoms. The molecule has 1 heterocycles. The number of furan rings is 1. The number of carbonyl (C=O) groups is 1. The van der Waals surface area contributed by atoms with Crippen molar-refractivity contribution in [3.8, 4) is 0 Å².